The lowest BCUT2D eigenvalue weighted by molar-refractivity contribution is -0.926. The molecule has 0 amide bonds. The summed E-state index contributed by atoms with van der Waals surface area (Å²) in [7, 11) is 0. The Morgan fingerprint density at radius 2 is 1.83 bits per heavy atom. The topological polar surface area (TPSA) is 19.7 Å². The van der Waals surface area contributed by atoms with E-state index in [1.807, 2.05) is 24.3 Å². The van der Waals surface area contributed by atoms with Gasteiger partial charge >= 0.3 is 0 Å². The lowest BCUT2D eigenvalue weighted by atomic mass is 10.0. The summed E-state index contributed by atoms with van der Waals surface area (Å²) in [6.45, 7) is 11.5. The summed E-state index contributed by atoms with van der Waals surface area (Å²) in [4.78, 5) is 4.06. The summed E-state index contributed by atoms with van der Waals surface area (Å²) in [5.74, 6) is 0. The maximum absolute atomic E-state index is 6.25. The number of nitrogens with zero attached hydrogens (tertiary/aromatic N) is 1. The lowest BCUT2D eigenvalue weighted by Gasteiger charge is -2.41. The van der Waals surface area contributed by atoms with E-state index in [1.165, 1.54) is 25.9 Å². The van der Waals surface area contributed by atoms with Crippen molar-refractivity contribution in [2.24, 2.45) is 0 Å². The summed E-state index contributed by atoms with van der Waals surface area (Å²) in [5.41, 5.74) is 0.884. The van der Waals surface area contributed by atoms with Gasteiger partial charge in [0.1, 0.15) is 0 Å². The van der Waals surface area contributed by atoms with Gasteiger partial charge in [0.05, 0.1) is 29.8 Å². The molecule has 23 heavy (non-hydrogen) atoms. The molecule has 1 aromatic carbocycles. The molecule has 1 saturated heterocycles. The molecule has 0 aliphatic carbocycles. The highest BCUT2D eigenvalue weighted by atomic mass is 35.5. The summed E-state index contributed by atoms with van der Waals surface area (Å²) in [6.07, 6.45) is 2.38. The number of likely N-dealkylation sites (tertiary alicyclic amines) is 1. The Labute approximate surface area is 151 Å². The molecule has 1 aromatic rings. The minimum Gasteiger partial charge on any atom is -0.343 e. The number of nitrogens with one attached hydrogen (secondary N) is 2. The molecule has 5 heteroatoms. The van der Waals surface area contributed by atoms with Crippen molar-refractivity contribution in [2.75, 3.05) is 18.4 Å². The summed E-state index contributed by atoms with van der Waals surface area (Å²) >= 11 is 12.0. The van der Waals surface area contributed by atoms with Crippen LogP contribution in [0.1, 0.15) is 40.5 Å². The maximum atomic E-state index is 6.25. The van der Waals surface area contributed by atoms with Crippen LogP contribution in [0.25, 0.3) is 0 Å². The molecule has 1 aliphatic heterocycles. The van der Waals surface area contributed by atoms with Crippen molar-refractivity contribution < 1.29 is 4.90 Å². The van der Waals surface area contributed by atoms with Crippen LogP contribution >= 0.6 is 23.8 Å². The van der Waals surface area contributed by atoms with Gasteiger partial charge in [0, 0.05) is 24.9 Å². The zero-order valence-corrected chi connectivity index (χ0v) is 16.2. The van der Waals surface area contributed by atoms with Gasteiger partial charge in [-0.3, -0.25) is 0 Å². The van der Waals surface area contributed by atoms with Crippen LogP contribution in [-0.2, 0) is 0 Å². The molecule has 2 N–H and O–H groups in total. The molecule has 3 nitrogen and oxygen atoms in total. The first-order valence-electron chi connectivity index (χ1n) is 8.58. The van der Waals surface area contributed by atoms with Crippen molar-refractivity contribution in [1.82, 2.24) is 4.90 Å². The number of para-hydroxylation sites is 1. The summed E-state index contributed by atoms with van der Waals surface area (Å²) in [5, 5.41) is 4.83. The molecule has 1 fully saturated rings. The molecular formula is C18H29ClN3S+. The Kier molecular flexibility index (Phi) is 6.69. The van der Waals surface area contributed by atoms with Crippen LogP contribution in [0.4, 0.5) is 5.69 Å². The zero-order valence-electron chi connectivity index (χ0n) is 14.6. The average Bonchev–Trinajstić information content (AvgIpc) is 2.50. The van der Waals surface area contributed by atoms with Gasteiger partial charge in [-0.2, -0.15) is 0 Å². The monoisotopic (exact) mass is 354 g/mol. The molecular weight excluding hydrogens is 326 g/mol. The molecule has 0 radical (unpaired) electrons. The number of quaternary nitrogens is 1. The van der Waals surface area contributed by atoms with Gasteiger partial charge in [0.2, 0.25) is 0 Å². The number of hydrogen-bond acceptors (Lipinski definition) is 1. The van der Waals surface area contributed by atoms with E-state index in [-0.39, 0.29) is 0 Å². The van der Waals surface area contributed by atoms with Crippen molar-refractivity contribution in [1.29, 1.82) is 0 Å². The van der Waals surface area contributed by atoms with Gasteiger partial charge < -0.3 is 15.1 Å². The largest absolute Gasteiger partial charge is 0.343 e. The van der Waals surface area contributed by atoms with E-state index >= 15 is 0 Å². The molecule has 128 valence electrons. The van der Waals surface area contributed by atoms with E-state index in [9.17, 15) is 0 Å². The van der Waals surface area contributed by atoms with Crippen LogP contribution in [-0.4, -0.2) is 41.2 Å². The number of halogens is 1. The highest BCUT2D eigenvalue weighted by Gasteiger charge is 2.30. The Morgan fingerprint density at radius 3 is 2.35 bits per heavy atom. The number of anilines is 1. The predicted octanol–water partition coefficient (Wildman–Crippen LogP) is 3.20. The fourth-order valence-electron chi connectivity index (χ4n) is 3.39. The molecule has 0 unspecified atom stereocenters. The van der Waals surface area contributed by atoms with Gasteiger partial charge in [0.15, 0.2) is 5.11 Å². The van der Waals surface area contributed by atoms with Crippen LogP contribution in [0.2, 0.25) is 5.02 Å². The standard InChI is InChI=1S/C18H28ClN3S/c1-13(2)21-11-9-15(10-12-21)22(14(3)4)18(23)20-17-8-6-5-7-16(17)19/h5-8,13-15H,9-12H2,1-4H3,(H,20,23)/p+1. The van der Waals surface area contributed by atoms with Gasteiger partial charge in [-0.1, -0.05) is 23.7 Å². The second-order valence-corrected chi connectivity index (χ2v) is 7.75. The van der Waals surface area contributed by atoms with Crippen molar-refractivity contribution >= 4 is 34.6 Å². The molecule has 1 heterocycles. The zero-order chi connectivity index (χ0) is 17.0. The van der Waals surface area contributed by atoms with Gasteiger partial charge in [-0.25, -0.2) is 0 Å². The molecule has 0 spiro atoms. The first-order chi connectivity index (χ1) is 10.9. The Bertz CT molecular complexity index is 525. The molecule has 0 bridgehead atoms. The number of hydrogen-bond donors (Lipinski definition) is 2. The van der Waals surface area contributed by atoms with E-state index < -0.39 is 0 Å². The quantitative estimate of drug-likeness (QED) is 0.810. The van der Waals surface area contributed by atoms with Gasteiger partial charge in [0.25, 0.3) is 0 Å². The van der Waals surface area contributed by atoms with Crippen LogP contribution in [0, 0.1) is 0 Å². The predicted molar refractivity (Wildman–Crippen MR) is 104 cm³/mol. The van der Waals surface area contributed by atoms with E-state index in [2.05, 4.69) is 37.9 Å². The Morgan fingerprint density at radius 1 is 1.22 bits per heavy atom. The van der Waals surface area contributed by atoms with Crippen molar-refractivity contribution in [3.05, 3.63) is 29.3 Å². The van der Waals surface area contributed by atoms with Crippen molar-refractivity contribution in [3.63, 3.8) is 0 Å². The lowest BCUT2D eigenvalue weighted by Crippen LogP contribution is -3.16. The highest BCUT2D eigenvalue weighted by Crippen LogP contribution is 2.23. The third-order valence-electron chi connectivity index (χ3n) is 4.71. The Balaban J connectivity index is 2.04. The summed E-state index contributed by atoms with van der Waals surface area (Å²) in [6, 6.07) is 9.36. The first kappa shape index (κ1) is 18.5. The number of thiocarbonyl (C=S) groups is 1. The minimum atomic E-state index is 0.378. The molecule has 0 saturated carbocycles. The van der Waals surface area contributed by atoms with Crippen LogP contribution in [0.5, 0.6) is 0 Å². The fraction of sp³-hybridized carbons (Fsp3) is 0.611. The third-order valence-corrected chi connectivity index (χ3v) is 5.36. The van der Waals surface area contributed by atoms with Crippen LogP contribution < -0.4 is 10.2 Å². The normalized spacial score (nSPS) is 21.5. The minimum absolute atomic E-state index is 0.378. The number of benzene rings is 1. The van der Waals surface area contributed by atoms with Crippen molar-refractivity contribution in [3.8, 4) is 0 Å². The second kappa shape index (κ2) is 8.32. The van der Waals surface area contributed by atoms with E-state index in [1.54, 1.807) is 4.90 Å². The molecule has 0 atom stereocenters. The first-order valence-corrected chi connectivity index (χ1v) is 9.37. The SMILES string of the molecule is CC(C)N(C(=S)Nc1ccccc1Cl)C1CC[NH+](C(C)C)CC1. The highest BCUT2D eigenvalue weighted by molar-refractivity contribution is 7.80. The average molecular weight is 355 g/mol. The molecule has 1 aliphatic rings. The maximum Gasteiger partial charge on any atom is 0.173 e. The molecule has 0 aromatic heterocycles. The van der Waals surface area contributed by atoms with Gasteiger partial charge in [-0.05, 0) is 52.0 Å². The van der Waals surface area contributed by atoms with Crippen molar-refractivity contribution in [2.45, 2.75) is 58.7 Å². The van der Waals surface area contributed by atoms with E-state index in [0.29, 0.717) is 23.1 Å². The second-order valence-electron chi connectivity index (χ2n) is 6.96. The number of rotatable bonds is 4. The Hall–Kier alpha value is -0.840. The smallest absolute Gasteiger partial charge is 0.173 e. The fourth-order valence-corrected chi connectivity index (χ4v) is 4.05. The van der Waals surface area contributed by atoms with E-state index in [0.717, 1.165) is 10.8 Å². The van der Waals surface area contributed by atoms with Crippen LogP contribution in [0.15, 0.2) is 24.3 Å². The molecule has 2 rings (SSSR count). The van der Waals surface area contributed by atoms with Crippen LogP contribution in [0.3, 0.4) is 0 Å². The van der Waals surface area contributed by atoms with Gasteiger partial charge in [-0.15, -0.1) is 0 Å². The third kappa shape index (κ3) is 4.82. The van der Waals surface area contributed by atoms with E-state index in [4.69, 9.17) is 23.8 Å². The summed E-state index contributed by atoms with van der Waals surface area (Å²) < 4.78 is 0. The number of piperidine rings is 1.